The molecule has 0 bridgehead atoms. The number of thiazole rings is 1. The fourth-order valence-electron chi connectivity index (χ4n) is 1.45. The van der Waals surface area contributed by atoms with E-state index >= 15 is 0 Å². The van der Waals surface area contributed by atoms with Crippen molar-refractivity contribution in [3.05, 3.63) is 16.1 Å². The van der Waals surface area contributed by atoms with Gasteiger partial charge in [-0.2, -0.15) is 0 Å². The number of carbonyl (C=O) groups is 1. The summed E-state index contributed by atoms with van der Waals surface area (Å²) in [5.41, 5.74) is 0.933. The van der Waals surface area contributed by atoms with E-state index in [1.54, 1.807) is 11.3 Å². The molecule has 1 rings (SSSR count). The highest BCUT2D eigenvalue weighted by Crippen LogP contribution is 2.25. The summed E-state index contributed by atoms with van der Waals surface area (Å²) in [5.74, 6) is 0.0527. The molecule has 0 spiro atoms. The van der Waals surface area contributed by atoms with Crippen LogP contribution in [0.1, 0.15) is 37.9 Å². The Balaban J connectivity index is 2.38. The Hall–Kier alpha value is -0.940. The van der Waals surface area contributed by atoms with Crippen LogP contribution in [0, 0.1) is 0 Å². The van der Waals surface area contributed by atoms with Crippen LogP contribution >= 0.6 is 11.3 Å². The van der Waals surface area contributed by atoms with Gasteiger partial charge in [0.25, 0.3) is 0 Å². The van der Waals surface area contributed by atoms with Gasteiger partial charge in [0.1, 0.15) is 0 Å². The lowest BCUT2D eigenvalue weighted by Gasteiger charge is -2.13. The third-order valence-corrected chi connectivity index (χ3v) is 3.78. The molecule has 1 amide bonds. The average Bonchev–Trinajstić information content (AvgIpc) is 2.72. The largest absolute Gasteiger partial charge is 0.356 e. The quantitative estimate of drug-likeness (QED) is 0.773. The van der Waals surface area contributed by atoms with Crippen molar-refractivity contribution >= 4 is 17.2 Å². The normalized spacial score (nSPS) is 11.6. The van der Waals surface area contributed by atoms with Crippen molar-refractivity contribution < 1.29 is 4.79 Å². The van der Waals surface area contributed by atoms with Crippen molar-refractivity contribution in [1.29, 1.82) is 0 Å². The highest BCUT2D eigenvalue weighted by Gasteiger charge is 2.18. The number of hydrogen-bond acceptors (Lipinski definition) is 4. The Morgan fingerprint density at radius 2 is 2.11 bits per heavy atom. The first-order chi connectivity index (χ1) is 8.43. The fourth-order valence-corrected chi connectivity index (χ4v) is 2.36. The van der Waals surface area contributed by atoms with Gasteiger partial charge in [0.2, 0.25) is 5.91 Å². The van der Waals surface area contributed by atoms with Crippen LogP contribution in [0.4, 0.5) is 0 Å². The van der Waals surface area contributed by atoms with Gasteiger partial charge in [0, 0.05) is 17.3 Å². The van der Waals surface area contributed by atoms with Crippen LogP contribution in [0.3, 0.4) is 0 Å². The van der Waals surface area contributed by atoms with E-state index in [-0.39, 0.29) is 11.3 Å². The highest BCUT2D eigenvalue weighted by molar-refractivity contribution is 7.09. The third kappa shape index (κ3) is 5.14. The Morgan fingerprint density at radius 3 is 2.67 bits per heavy atom. The van der Waals surface area contributed by atoms with Gasteiger partial charge in [-0.25, -0.2) is 4.98 Å². The van der Waals surface area contributed by atoms with Crippen LogP contribution in [0.2, 0.25) is 0 Å². The van der Waals surface area contributed by atoms with Gasteiger partial charge in [0.15, 0.2) is 0 Å². The number of carbonyl (C=O) groups excluding carboxylic acids is 1. The van der Waals surface area contributed by atoms with E-state index in [0.29, 0.717) is 6.42 Å². The van der Waals surface area contributed by atoms with Gasteiger partial charge in [0.05, 0.1) is 17.1 Å². The lowest BCUT2D eigenvalue weighted by Crippen LogP contribution is -2.28. The molecule has 0 aromatic carbocycles. The van der Waals surface area contributed by atoms with Crippen molar-refractivity contribution in [3.63, 3.8) is 0 Å². The highest BCUT2D eigenvalue weighted by atomic mass is 32.1. The first-order valence-electron chi connectivity index (χ1n) is 6.29. The Morgan fingerprint density at radius 1 is 1.39 bits per heavy atom. The third-order valence-electron chi connectivity index (χ3n) is 2.46. The van der Waals surface area contributed by atoms with E-state index in [9.17, 15) is 4.79 Å². The molecule has 102 valence electrons. The van der Waals surface area contributed by atoms with E-state index in [0.717, 1.165) is 30.2 Å². The number of nitrogens with zero attached hydrogens (tertiary/aromatic N) is 1. The van der Waals surface area contributed by atoms with Gasteiger partial charge >= 0.3 is 0 Å². The zero-order valence-electron chi connectivity index (χ0n) is 11.7. The van der Waals surface area contributed by atoms with Crippen molar-refractivity contribution in [2.45, 2.75) is 39.0 Å². The fraction of sp³-hybridized carbons (Fsp3) is 0.692. The van der Waals surface area contributed by atoms with Gasteiger partial charge in [-0.3, -0.25) is 4.79 Å². The molecule has 2 N–H and O–H groups in total. The van der Waals surface area contributed by atoms with Crippen LogP contribution in [0.25, 0.3) is 0 Å². The zero-order valence-corrected chi connectivity index (χ0v) is 12.5. The lowest BCUT2D eigenvalue weighted by atomic mass is 9.98. The SMILES string of the molecule is CNCCCNC(=O)Cc1csc(C(C)(C)C)n1. The monoisotopic (exact) mass is 269 g/mol. The molecule has 0 saturated heterocycles. The summed E-state index contributed by atoms with van der Waals surface area (Å²) in [6.45, 7) is 8.04. The maximum Gasteiger partial charge on any atom is 0.226 e. The first kappa shape index (κ1) is 15.1. The predicted octanol–water partition coefficient (Wildman–Crippen LogP) is 1.71. The topological polar surface area (TPSA) is 54.0 Å². The maximum absolute atomic E-state index is 11.7. The number of nitrogens with one attached hydrogen (secondary N) is 2. The van der Waals surface area contributed by atoms with E-state index < -0.39 is 0 Å². The minimum Gasteiger partial charge on any atom is -0.356 e. The van der Waals surface area contributed by atoms with Crippen molar-refractivity contribution in [1.82, 2.24) is 15.6 Å². The molecule has 0 aliphatic carbocycles. The van der Waals surface area contributed by atoms with E-state index in [1.165, 1.54) is 0 Å². The molecule has 18 heavy (non-hydrogen) atoms. The van der Waals surface area contributed by atoms with Gasteiger partial charge < -0.3 is 10.6 Å². The molecule has 1 heterocycles. The summed E-state index contributed by atoms with van der Waals surface area (Å²) in [6, 6.07) is 0. The molecule has 5 heteroatoms. The van der Waals surface area contributed by atoms with E-state index in [1.807, 2.05) is 12.4 Å². The van der Waals surface area contributed by atoms with Gasteiger partial charge in [-0.1, -0.05) is 20.8 Å². The summed E-state index contributed by atoms with van der Waals surface area (Å²) >= 11 is 1.63. The summed E-state index contributed by atoms with van der Waals surface area (Å²) in [4.78, 5) is 16.2. The Kier molecular flexibility index (Phi) is 5.75. The molecule has 0 saturated carbocycles. The van der Waals surface area contributed by atoms with Crippen molar-refractivity contribution in [3.8, 4) is 0 Å². The lowest BCUT2D eigenvalue weighted by molar-refractivity contribution is -0.120. The molecule has 0 radical (unpaired) electrons. The number of aromatic nitrogens is 1. The van der Waals surface area contributed by atoms with E-state index in [2.05, 4.69) is 36.4 Å². The first-order valence-corrected chi connectivity index (χ1v) is 7.17. The summed E-state index contributed by atoms with van der Waals surface area (Å²) in [5, 5.41) is 9.01. The molecule has 0 aliphatic heterocycles. The molecule has 0 unspecified atom stereocenters. The molecular weight excluding hydrogens is 246 g/mol. The number of hydrogen-bond donors (Lipinski definition) is 2. The van der Waals surface area contributed by atoms with Gasteiger partial charge in [-0.15, -0.1) is 11.3 Å². The molecule has 4 nitrogen and oxygen atoms in total. The molecule has 1 aromatic rings. The van der Waals surface area contributed by atoms with Crippen LogP contribution in [0.5, 0.6) is 0 Å². The standard InChI is InChI=1S/C13H23N3OS/c1-13(2,3)12-16-10(9-18-12)8-11(17)15-7-5-6-14-4/h9,14H,5-8H2,1-4H3,(H,15,17). The zero-order chi connectivity index (χ0) is 13.6. The van der Waals surface area contributed by atoms with Gasteiger partial charge in [-0.05, 0) is 20.0 Å². The second kappa shape index (κ2) is 6.85. The summed E-state index contributed by atoms with van der Waals surface area (Å²) < 4.78 is 0. The van der Waals surface area contributed by atoms with Crippen LogP contribution in [-0.4, -0.2) is 31.0 Å². The Bertz CT molecular complexity index is 382. The van der Waals surface area contributed by atoms with Crippen LogP contribution in [0.15, 0.2) is 5.38 Å². The van der Waals surface area contributed by atoms with Crippen molar-refractivity contribution in [2.75, 3.05) is 20.1 Å². The second-order valence-corrected chi connectivity index (χ2v) is 6.24. The summed E-state index contributed by atoms with van der Waals surface area (Å²) in [7, 11) is 1.91. The predicted molar refractivity (Wildman–Crippen MR) is 76.1 cm³/mol. The number of rotatable bonds is 6. The van der Waals surface area contributed by atoms with E-state index in [4.69, 9.17) is 0 Å². The summed E-state index contributed by atoms with van der Waals surface area (Å²) in [6.07, 6.45) is 1.33. The molecule has 0 aliphatic rings. The van der Waals surface area contributed by atoms with Crippen LogP contribution in [-0.2, 0) is 16.6 Å². The smallest absolute Gasteiger partial charge is 0.226 e. The minimum atomic E-state index is 0.0527. The maximum atomic E-state index is 11.7. The molecular formula is C13H23N3OS. The molecule has 1 aromatic heterocycles. The number of amides is 1. The average molecular weight is 269 g/mol. The Labute approximate surface area is 113 Å². The molecule has 0 atom stereocenters. The minimum absolute atomic E-state index is 0.0527. The molecule has 0 fully saturated rings. The second-order valence-electron chi connectivity index (χ2n) is 5.38. The van der Waals surface area contributed by atoms with Crippen molar-refractivity contribution in [2.24, 2.45) is 0 Å². The van der Waals surface area contributed by atoms with Crippen LogP contribution < -0.4 is 10.6 Å².